The molecule has 10 nitrogen and oxygen atoms in total. The van der Waals surface area contributed by atoms with Crippen LogP contribution >= 0.6 is 0 Å². The van der Waals surface area contributed by atoms with Crippen LogP contribution in [0.5, 0.6) is 0 Å². The zero-order chi connectivity index (χ0) is 27.3. The number of likely N-dealkylation sites (tertiary alicyclic amines) is 1. The summed E-state index contributed by atoms with van der Waals surface area (Å²) in [5.41, 5.74) is 1.86. The number of amides is 1. The maximum absolute atomic E-state index is 13.3. The smallest absolute Gasteiger partial charge is 0.257 e. The number of β-amino-alcohol motifs (C(OH)–C–C–N with tert-alkyl or cyclic N) is 1. The van der Waals surface area contributed by atoms with Crippen LogP contribution in [0.4, 0.5) is 5.82 Å². The van der Waals surface area contributed by atoms with Crippen LogP contribution in [0.2, 0.25) is 0 Å². The molecule has 10 heteroatoms. The maximum atomic E-state index is 13.3. The second kappa shape index (κ2) is 9.45. The molecule has 1 aromatic carbocycles. The van der Waals surface area contributed by atoms with E-state index in [0.29, 0.717) is 43.2 Å². The number of piperazine rings is 1. The zero-order valence-electron chi connectivity index (χ0n) is 22.2. The third kappa shape index (κ3) is 4.20. The van der Waals surface area contributed by atoms with Gasteiger partial charge >= 0.3 is 0 Å². The van der Waals surface area contributed by atoms with Gasteiger partial charge in [-0.1, -0.05) is 30.3 Å². The van der Waals surface area contributed by atoms with E-state index in [1.54, 1.807) is 24.7 Å². The van der Waals surface area contributed by atoms with Crippen LogP contribution in [-0.4, -0.2) is 91.2 Å². The van der Waals surface area contributed by atoms with Gasteiger partial charge in [-0.15, -0.1) is 0 Å². The molecule has 0 radical (unpaired) electrons. The van der Waals surface area contributed by atoms with E-state index in [1.165, 1.54) is 0 Å². The van der Waals surface area contributed by atoms with Crippen LogP contribution in [0.1, 0.15) is 19.4 Å². The number of hydrogen-bond donors (Lipinski definition) is 1. The number of likely N-dealkylation sites (N-methyl/N-ethyl adjacent to an activating group) is 1. The SMILES string of the molecule is C[C@@H]1CN(c2ncnc3c2c(-c2ccccc2)cn3-c2cc(C#N)ccn2)[C@@H](C)CN1C(=O)C1(O)CN(C)C1. The topological polar surface area (TPSA) is 114 Å². The highest BCUT2D eigenvalue weighted by Gasteiger charge is 2.50. The molecule has 4 aromatic rings. The molecule has 0 bridgehead atoms. The molecule has 2 fully saturated rings. The van der Waals surface area contributed by atoms with E-state index < -0.39 is 5.60 Å². The van der Waals surface area contributed by atoms with Crippen LogP contribution in [0.25, 0.3) is 28.0 Å². The van der Waals surface area contributed by atoms with Crippen molar-refractivity contribution in [2.75, 3.05) is 38.1 Å². The lowest BCUT2D eigenvalue weighted by molar-refractivity contribution is -0.171. The van der Waals surface area contributed by atoms with Crippen LogP contribution in [0.3, 0.4) is 0 Å². The fraction of sp³-hybridized carbons (Fsp3) is 0.345. The predicted octanol–water partition coefficient (Wildman–Crippen LogP) is 2.46. The molecule has 2 atom stereocenters. The number of pyridine rings is 1. The number of aliphatic hydroxyl groups is 1. The number of benzene rings is 1. The van der Waals surface area contributed by atoms with Crippen LogP contribution in [0, 0.1) is 11.3 Å². The number of carbonyl (C=O) groups is 1. The monoisotopic (exact) mass is 522 g/mol. The standard InChI is InChI=1S/C29H30N8O2/c1-19-14-36(28(38)29(39)16-34(3)17-29)20(2)13-35(19)26-25-23(22-7-5-4-6-8-22)15-37(27(25)33-18-32-26)24-11-21(12-30)9-10-31-24/h4-11,15,18-20,39H,13-14,16-17H2,1-3H3/t19-,20+/m0/s1. The summed E-state index contributed by atoms with van der Waals surface area (Å²) < 4.78 is 1.90. The van der Waals surface area contributed by atoms with Crippen LogP contribution in [-0.2, 0) is 4.79 Å². The summed E-state index contributed by atoms with van der Waals surface area (Å²) in [7, 11) is 1.90. The molecule has 6 rings (SSSR count). The third-order valence-electron chi connectivity index (χ3n) is 7.75. The van der Waals surface area contributed by atoms with Gasteiger partial charge in [0.25, 0.3) is 5.91 Å². The number of fused-ring (bicyclic) bond motifs is 1. The number of nitriles is 1. The van der Waals surface area contributed by atoms with Gasteiger partial charge < -0.3 is 14.9 Å². The van der Waals surface area contributed by atoms with E-state index in [4.69, 9.17) is 4.98 Å². The molecule has 1 N–H and O–H groups in total. The van der Waals surface area contributed by atoms with Gasteiger partial charge in [0.15, 0.2) is 11.2 Å². The van der Waals surface area contributed by atoms with E-state index in [9.17, 15) is 15.2 Å². The fourth-order valence-electron chi connectivity index (χ4n) is 5.85. The van der Waals surface area contributed by atoms with Gasteiger partial charge in [-0.3, -0.25) is 14.3 Å². The number of nitrogens with zero attached hydrogens (tertiary/aromatic N) is 8. The summed E-state index contributed by atoms with van der Waals surface area (Å²) in [5.74, 6) is 1.18. The second-order valence-corrected chi connectivity index (χ2v) is 10.7. The van der Waals surface area contributed by atoms with E-state index in [1.807, 2.05) is 64.9 Å². The largest absolute Gasteiger partial charge is 0.377 e. The highest BCUT2D eigenvalue weighted by atomic mass is 16.3. The van der Waals surface area contributed by atoms with Gasteiger partial charge in [0, 0.05) is 56.2 Å². The van der Waals surface area contributed by atoms with Crippen molar-refractivity contribution < 1.29 is 9.90 Å². The third-order valence-corrected chi connectivity index (χ3v) is 7.75. The Labute approximate surface area is 226 Å². The first-order valence-electron chi connectivity index (χ1n) is 13.1. The summed E-state index contributed by atoms with van der Waals surface area (Å²) in [6.45, 7) is 5.84. The Balaban J connectivity index is 1.44. The van der Waals surface area contributed by atoms with Crippen molar-refractivity contribution in [2.24, 2.45) is 0 Å². The molecule has 1 amide bonds. The van der Waals surface area contributed by atoms with E-state index in [-0.39, 0.29) is 18.0 Å². The minimum atomic E-state index is -1.31. The van der Waals surface area contributed by atoms with Gasteiger partial charge in [0.2, 0.25) is 0 Å². The minimum Gasteiger partial charge on any atom is -0.377 e. The lowest BCUT2D eigenvalue weighted by Crippen LogP contribution is -2.71. The van der Waals surface area contributed by atoms with Crippen molar-refractivity contribution in [1.82, 2.24) is 29.3 Å². The maximum Gasteiger partial charge on any atom is 0.257 e. The number of anilines is 1. The van der Waals surface area contributed by atoms with Crippen LogP contribution in [0.15, 0.2) is 61.2 Å². The van der Waals surface area contributed by atoms with Crippen molar-refractivity contribution in [3.8, 4) is 23.0 Å². The van der Waals surface area contributed by atoms with Crippen LogP contribution < -0.4 is 4.90 Å². The zero-order valence-corrected chi connectivity index (χ0v) is 22.2. The lowest BCUT2D eigenvalue weighted by atomic mass is 9.91. The predicted molar refractivity (Wildman–Crippen MR) is 147 cm³/mol. The van der Waals surface area contributed by atoms with Crippen molar-refractivity contribution in [1.29, 1.82) is 5.26 Å². The molecule has 0 saturated carbocycles. The molecule has 2 aliphatic rings. The molecule has 0 unspecified atom stereocenters. The quantitative estimate of drug-likeness (QED) is 0.435. The molecular weight excluding hydrogens is 492 g/mol. The van der Waals surface area contributed by atoms with Gasteiger partial charge in [-0.05, 0) is 38.6 Å². The van der Waals surface area contributed by atoms with E-state index in [2.05, 4.69) is 27.9 Å². The van der Waals surface area contributed by atoms with Gasteiger partial charge in [0.05, 0.1) is 17.0 Å². The average Bonchev–Trinajstić information content (AvgIpc) is 3.33. The number of carbonyl (C=O) groups excluding carboxylic acids is 1. The summed E-state index contributed by atoms with van der Waals surface area (Å²) >= 11 is 0. The Morgan fingerprint density at radius 3 is 2.56 bits per heavy atom. The first-order valence-corrected chi connectivity index (χ1v) is 13.1. The van der Waals surface area contributed by atoms with Gasteiger partial charge in [-0.25, -0.2) is 15.0 Å². The Kier molecular flexibility index (Phi) is 6.05. The van der Waals surface area contributed by atoms with Crippen molar-refractivity contribution in [3.63, 3.8) is 0 Å². The van der Waals surface area contributed by atoms with E-state index in [0.717, 1.165) is 22.3 Å². The molecule has 2 aliphatic heterocycles. The van der Waals surface area contributed by atoms with Crippen molar-refractivity contribution in [3.05, 3.63) is 66.7 Å². The highest BCUT2D eigenvalue weighted by Crippen LogP contribution is 2.38. The Morgan fingerprint density at radius 1 is 1.08 bits per heavy atom. The normalized spacial score (nSPS) is 21.0. The molecule has 39 heavy (non-hydrogen) atoms. The molecule has 0 spiro atoms. The van der Waals surface area contributed by atoms with E-state index >= 15 is 0 Å². The molecule has 2 saturated heterocycles. The number of rotatable bonds is 4. The Hall–Kier alpha value is -4.33. The van der Waals surface area contributed by atoms with Crippen molar-refractivity contribution >= 4 is 22.8 Å². The summed E-state index contributed by atoms with van der Waals surface area (Å²) in [6.07, 6.45) is 5.18. The molecular formula is C29H30N8O2. The molecule has 198 valence electrons. The fourth-order valence-corrected chi connectivity index (χ4v) is 5.85. The molecule has 0 aliphatic carbocycles. The Bertz CT molecular complexity index is 1590. The summed E-state index contributed by atoms with van der Waals surface area (Å²) in [4.78, 5) is 33.2. The average molecular weight is 523 g/mol. The second-order valence-electron chi connectivity index (χ2n) is 10.7. The molecule has 5 heterocycles. The Morgan fingerprint density at radius 2 is 1.85 bits per heavy atom. The first-order chi connectivity index (χ1) is 18.8. The minimum absolute atomic E-state index is 0.0447. The van der Waals surface area contributed by atoms with Gasteiger partial charge in [0.1, 0.15) is 18.0 Å². The van der Waals surface area contributed by atoms with Crippen molar-refractivity contribution in [2.45, 2.75) is 31.5 Å². The lowest BCUT2D eigenvalue weighted by Gasteiger charge is -2.50. The summed E-state index contributed by atoms with van der Waals surface area (Å²) in [5, 5.41) is 21.2. The van der Waals surface area contributed by atoms with Gasteiger partial charge in [-0.2, -0.15) is 5.26 Å². The first kappa shape index (κ1) is 25.0. The molecule has 3 aromatic heterocycles. The number of hydrogen-bond acceptors (Lipinski definition) is 8. The summed E-state index contributed by atoms with van der Waals surface area (Å²) in [6, 6.07) is 15.5. The number of aromatic nitrogens is 4. The highest BCUT2D eigenvalue weighted by molar-refractivity contribution is 6.02.